The van der Waals surface area contributed by atoms with Gasteiger partial charge in [0.15, 0.2) is 0 Å². The first-order valence-corrected chi connectivity index (χ1v) is 12.4. The molecule has 0 aromatic heterocycles. The molecule has 166 valence electrons. The lowest BCUT2D eigenvalue weighted by Crippen LogP contribution is -2.21. The predicted octanol–water partition coefficient (Wildman–Crippen LogP) is 9.16. The monoisotopic (exact) mass is 419 g/mol. The standard InChI is InChI=1S/C27H45N.ClH/c1-2-3-4-5-6-7-8-9-10-11-12-13-14-15-16-19-23-28-24-22-26-20-17-18-21-27(26)25-28;/h17-18,20-22,24H,2-16,19,23,25H2,1H3;1H. The molecule has 0 N–H and O–H groups in total. The Morgan fingerprint density at radius 3 is 1.69 bits per heavy atom. The second-order valence-electron chi connectivity index (χ2n) is 8.79. The van der Waals surface area contributed by atoms with Gasteiger partial charge in [-0.3, -0.25) is 0 Å². The van der Waals surface area contributed by atoms with Gasteiger partial charge >= 0.3 is 0 Å². The summed E-state index contributed by atoms with van der Waals surface area (Å²) in [6.45, 7) is 4.60. The summed E-state index contributed by atoms with van der Waals surface area (Å²) >= 11 is 0. The van der Waals surface area contributed by atoms with Gasteiger partial charge in [-0.1, -0.05) is 128 Å². The van der Waals surface area contributed by atoms with Crippen LogP contribution >= 0.6 is 12.4 Å². The highest BCUT2D eigenvalue weighted by Crippen LogP contribution is 2.20. The van der Waals surface area contributed by atoms with Crippen molar-refractivity contribution < 1.29 is 0 Å². The number of hydrogen-bond donors (Lipinski definition) is 0. The quantitative estimate of drug-likeness (QED) is 0.227. The first-order valence-electron chi connectivity index (χ1n) is 12.4. The molecule has 1 aliphatic heterocycles. The molecule has 1 aromatic rings. The van der Waals surface area contributed by atoms with Crippen molar-refractivity contribution in [1.82, 2.24) is 4.90 Å². The van der Waals surface area contributed by atoms with E-state index in [1.165, 1.54) is 120 Å². The fourth-order valence-corrected chi connectivity index (χ4v) is 4.31. The number of hydrogen-bond acceptors (Lipinski definition) is 1. The summed E-state index contributed by atoms with van der Waals surface area (Å²) in [5.74, 6) is 0. The van der Waals surface area contributed by atoms with Gasteiger partial charge in [0.2, 0.25) is 0 Å². The van der Waals surface area contributed by atoms with Gasteiger partial charge in [-0.05, 0) is 29.8 Å². The second kappa shape index (κ2) is 17.9. The normalized spacial score (nSPS) is 12.7. The topological polar surface area (TPSA) is 3.24 Å². The molecule has 1 aliphatic rings. The third-order valence-corrected chi connectivity index (χ3v) is 6.19. The predicted molar refractivity (Wildman–Crippen MR) is 133 cm³/mol. The van der Waals surface area contributed by atoms with E-state index in [1.807, 2.05) is 0 Å². The zero-order chi connectivity index (χ0) is 19.7. The number of fused-ring (bicyclic) bond motifs is 1. The molecule has 1 aromatic carbocycles. The van der Waals surface area contributed by atoms with E-state index >= 15 is 0 Å². The highest BCUT2D eigenvalue weighted by atomic mass is 35.5. The number of halogens is 1. The third kappa shape index (κ3) is 12.4. The maximum absolute atomic E-state index is 2.48. The number of nitrogens with zero attached hydrogens (tertiary/aromatic N) is 1. The molecule has 0 aliphatic carbocycles. The molecule has 0 bridgehead atoms. The number of unbranched alkanes of at least 4 members (excludes halogenated alkanes) is 15. The first-order chi connectivity index (χ1) is 13.9. The Balaban J connectivity index is 0.00000420. The smallest absolute Gasteiger partial charge is 0.0429 e. The lowest BCUT2D eigenvalue weighted by Gasteiger charge is -2.25. The van der Waals surface area contributed by atoms with E-state index < -0.39 is 0 Å². The van der Waals surface area contributed by atoms with Crippen molar-refractivity contribution in [1.29, 1.82) is 0 Å². The Morgan fingerprint density at radius 1 is 0.655 bits per heavy atom. The van der Waals surface area contributed by atoms with Gasteiger partial charge in [0.25, 0.3) is 0 Å². The van der Waals surface area contributed by atoms with Crippen molar-refractivity contribution in [2.45, 2.75) is 116 Å². The van der Waals surface area contributed by atoms with Crippen LogP contribution in [0.5, 0.6) is 0 Å². The molecule has 0 unspecified atom stereocenters. The summed E-state index contributed by atoms with van der Waals surface area (Å²) in [5, 5.41) is 0. The van der Waals surface area contributed by atoms with E-state index in [9.17, 15) is 0 Å². The van der Waals surface area contributed by atoms with E-state index in [0.717, 1.165) is 6.54 Å². The number of rotatable bonds is 17. The summed E-state index contributed by atoms with van der Waals surface area (Å²) in [4.78, 5) is 2.48. The summed E-state index contributed by atoms with van der Waals surface area (Å²) in [7, 11) is 0. The van der Waals surface area contributed by atoms with Gasteiger partial charge < -0.3 is 4.90 Å². The molecule has 0 fully saturated rings. The molecular weight excluding hydrogens is 374 g/mol. The van der Waals surface area contributed by atoms with Crippen LogP contribution in [0.15, 0.2) is 30.5 Å². The van der Waals surface area contributed by atoms with Gasteiger partial charge in [-0.2, -0.15) is 0 Å². The van der Waals surface area contributed by atoms with Gasteiger partial charge in [0.05, 0.1) is 0 Å². The molecule has 2 rings (SSSR count). The molecule has 29 heavy (non-hydrogen) atoms. The maximum Gasteiger partial charge on any atom is 0.0429 e. The van der Waals surface area contributed by atoms with Crippen LogP contribution in [0.1, 0.15) is 121 Å². The van der Waals surface area contributed by atoms with Crippen LogP contribution in [-0.4, -0.2) is 11.4 Å². The molecule has 0 saturated carbocycles. The highest BCUT2D eigenvalue weighted by Gasteiger charge is 2.08. The molecule has 0 atom stereocenters. The van der Waals surface area contributed by atoms with Crippen LogP contribution in [0.2, 0.25) is 0 Å². The Morgan fingerprint density at radius 2 is 1.14 bits per heavy atom. The van der Waals surface area contributed by atoms with Crippen LogP contribution in [0, 0.1) is 0 Å². The van der Waals surface area contributed by atoms with Crippen molar-refractivity contribution in [2.24, 2.45) is 0 Å². The zero-order valence-corrected chi connectivity index (χ0v) is 19.9. The average molecular weight is 420 g/mol. The SMILES string of the molecule is CCCCCCCCCCCCCCCCCCN1C=Cc2ccccc2C1.Cl. The van der Waals surface area contributed by atoms with E-state index in [-0.39, 0.29) is 12.4 Å². The van der Waals surface area contributed by atoms with Crippen LogP contribution in [0.3, 0.4) is 0 Å². The minimum atomic E-state index is 0. The lowest BCUT2D eigenvalue weighted by atomic mass is 10.0. The third-order valence-electron chi connectivity index (χ3n) is 6.19. The van der Waals surface area contributed by atoms with E-state index in [4.69, 9.17) is 0 Å². The Bertz CT molecular complexity index is 525. The summed E-state index contributed by atoms with van der Waals surface area (Å²) in [6, 6.07) is 8.77. The van der Waals surface area contributed by atoms with Crippen molar-refractivity contribution in [3.05, 3.63) is 41.6 Å². The number of benzene rings is 1. The van der Waals surface area contributed by atoms with E-state index in [1.54, 1.807) is 0 Å². The fourth-order valence-electron chi connectivity index (χ4n) is 4.31. The first kappa shape index (κ1) is 26.1. The highest BCUT2D eigenvalue weighted by molar-refractivity contribution is 5.85. The zero-order valence-electron chi connectivity index (χ0n) is 19.0. The largest absolute Gasteiger partial charge is 0.373 e. The summed E-state index contributed by atoms with van der Waals surface area (Å²) < 4.78 is 0. The van der Waals surface area contributed by atoms with Crippen LogP contribution in [0.25, 0.3) is 6.08 Å². The molecule has 0 amide bonds. The molecule has 1 heterocycles. The minimum Gasteiger partial charge on any atom is -0.373 e. The molecule has 2 heteroatoms. The molecule has 0 radical (unpaired) electrons. The van der Waals surface area contributed by atoms with Gasteiger partial charge in [-0.25, -0.2) is 0 Å². The van der Waals surface area contributed by atoms with Crippen molar-refractivity contribution in [3.63, 3.8) is 0 Å². The van der Waals surface area contributed by atoms with Crippen molar-refractivity contribution >= 4 is 18.5 Å². The molecule has 1 nitrogen and oxygen atoms in total. The molecular formula is C27H46ClN. The van der Waals surface area contributed by atoms with Crippen LogP contribution in [0.4, 0.5) is 0 Å². The minimum absolute atomic E-state index is 0. The van der Waals surface area contributed by atoms with E-state index in [0.29, 0.717) is 0 Å². The summed E-state index contributed by atoms with van der Waals surface area (Å²) in [5.41, 5.74) is 2.87. The molecule has 0 spiro atoms. The van der Waals surface area contributed by atoms with Gasteiger partial charge in [-0.15, -0.1) is 12.4 Å². The summed E-state index contributed by atoms with van der Waals surface area (Å²) in [6.07, 6.45) is 27.6. The average Bonchev–Trinajstić information content (AvgIpc) is 2.73. The molecule has 0 saturated heterocycles. The fraction of sp³-hybridized carbons (Fsp3) is 0.704. The maximum atomic E-state index is 2.48. The van der Waals surface area contributed by atoms with Crippen molar-refractivity contribution in [2.75, 3.05) is 6.54 Å². The van der Waals surface area contributed by atoms with Gasteiger partial charge in [0, 0.05) is 13.1 Å². The Kier molecular flexibility index (Phi) is 16.1. The van der Waals surface area contributed by atoms with Crippen LogP contribution < -0.4 is 0 Å². The Hall–Kier alpha value is -0.950. The Labute approximate surface area is 187 Å². The van der Waals surface area contributed by atoms with E-state index in [2.05, 4.69) is 48.4 Å². The van der Waals surface area contributed by atoms with Crippen LogP contribution in [-0.2, 0) is 6.54 Å². The second-order valence-corrected chi connectivity index (χ2v) is 8.79. The lowest BCUT2D eigenvalue weighted by molar-refractivity contribution is 0.353. The van der Waals surface area contributed by atoms with Gasteiger partial charge in [0.1, 0.15) is 0 Å². The van der Waals surface area contributed by atoms with Crippen molar-refractivity contribution in [3.8, 4) is 0 Å².